The minimum absolute atomic E-state index is 0.257. The van der Waals surface area contributed by atoms with Crippen molar-refractivity contribution in [3.63, 3.8) is 0 Å². The Balaban J connectivity index is 2.34. The van der Waals surface area contributed by atoms with Crippen molar-refractivity contribution in [1.29, 1.82) is 5.26 Å². The van der Waals surface area contributed by atoms with Gasteiger partial charge in [0.2, 0.25) is 0 Å². The molecule has 0 amide bonds. The average Bonchev–Trinajstić information content (AvgIpc) is 2.46. The van der Waals surface area contributed by atoms with E-state index in [0.717, 1.165) is 5.56 Å². The van der Waals surface area contributed by atoms with E-state index in [9.17, 15) is 4.21 Å². The van der Waals surface area contributed by atoms with E-state index in [0.29, 0.717) is 4.90 Å². The standard InChI is InChI=1S/C15H11NOS/c16-12-15(11-13-7-3-1-4-8-13)18(17)14-9-5-2-6-10-14/h1-11H/b15-11+. The van der Waals surface area contributed by atoms with Gasteiger partial charge >= 0.3 is 0 Å². The second kappa shape index (κ2) is 5.95. The molecule has 0 aliphatic rings. The van der Waals surface area contributed by atoms with Crippen molar-refractivity contribution in [1.82, 2.24) is 0 Å². The van der Waals surface area contributed by atoms with E-state index in [1.165, 1.54) is 0 Å². The fraction of sp³-hybridized carbons (Fsp3) is 0. The van der Waals surface area contributed by atoms with E-state index in [4.69, 9.17) is 5.26 Å². The summed E-state index contributed by atoms with van der Waals surface area (Å²) in [5.74, 6) is 0. The molecule has 1 unspecified atom stereocenters. The summed E-state index contributed by atoms with van der Waals surface area (Å²) in [6.45, 7) is 0. The van der Waals surface area contributed by atoms with Crippen molar-refractivity contribution in [2.24, 2.45) is 0 Å². The molecule has 0 aromatic heterocycles. The molecule has 18 heavy (non-hydrogen) atoms. The molecule has 0 aliphatic carbocycles. The smallest absolute Gasteiger partial charge is 0.121 e. The van der Waals surface area contributed by atoms with Crippen LogP contribution < -0.4 is 0 Å². The normalized spacial score (nSPS) is 12.7. The fourth-order valence-corrected chi connectivity index (χ4v) is 2.48. The molecule has 0 aliphatic heterocycles. The van der Waals surface area contributed by atoms with Crippen LogP contribution in [0.4, 0.5) is 0 Å². The van der Waals surface area contributed by atoms with Crippen LogP contribution in [0.25, 0.3) is 6.08 Å². The molecule has 88 valence electrons. The van der Waals surface area contributed by atoms with Gasteiger partial charge in [0, 0.05) is 4.90 Å². The van der Waals surface area contributed by atoms with Gasteiger partial charge in [-0.25, -0.2) is 4.21 Å². The van der Waals surface area contributed by atoms with Crippen LogP contribution >= 0.6 is 0 Å². The Hall–Kier alpha value is -2.18. The van der Waals surface area contributed by atoms with Crippen molar-refractivity contribution in [3.8, 4) is 6.07 Å². The maximum atomic E-state index is 12.2. The molecule has 0 radical (unpaired) electrons. The van der Waals surface area contributed by atoms with E-state index in [1.54, 1.807) is 18.2 Å². The molecule has 0 heterocycles. The summed E-state index contributed by atoms with van der Waals surface area (Å²) < 4.78 is 12.2. The SMILES string of the molecule is N#C/C(=C\c1ccccc1)S(=O)c1ccccc1. The Morgan fingerprint density at radius 3 is 2.11 bits per heavy atom. The van der Waals surface area contributed by atoms with Crippen molar-refractivity contribution in [3.05, 3.63) is 71.1 Å². The number of benzene rings is 2. The van der Waals surface area contributed by atoms with E-state index >= 15 is 0 Å². The number of hydrogen-bond donors (Lipinski definition) is 0. The van der Waals surface area contributed by atoms with Gasteiger partial charge in [-0.3, -0.25) is 0 Å². The molecule has 0 spiro atoms. The lowest BCUT2D eigenvalue weighted by molar-refractivity contribution is 0.687. The number of nitriles is 1. The number of nitrogens with zero attached hydrogens (tertiary/aromatic N) is 1. The van der Waals surface area contributed by atoms with E-state index in [2.05, 4.69) is 0 Å². The van der Waals surface area contributed by atoms with Crippen LogP contribution in [0.15, 0.2) is 70.5 Å². The minimum atomic E-state index is -1.42. The zero-order valence-electron chi connectivity index (χ0n) is 9.61. The molecular weight excluding hydrogens is 242 g/mol. The number of rotatable bonds is 3. The Bertz CT molecular complexity index is 612. The van der Waals surface area contributed by atoms with Crippen molar-refractivity contribution >= 4 is 16.9 Å². The van der Waals surface area contributed by atoms with Gasteiger partial charge in [-0.1, -0.05) is 48.5 Å². The molecule has 3 heteroatoms. The summed E-state index contributed by atoms with van der Waals surface area (Å²) in [4.78, 5) is 0.897. The van der Waals surface area contributed by atoms with E-state index in [1.807, 2.05) is 54.6 Å². The monoisotopic (exact) mass is 253 g/mol. The largest absolute Gasteiger partial charge is 0.248 e. The van der Waals surface area contributed by atoms with Crippen molar-refractivity contribution < 1.29 is 4.21 Å². The summed E-state index contributed by atoms with van der Waals surface area (Å²) >= 11 is 0. The number of allylic oxidation sites excluding steroid dienone is 1. The lowest BCUT2D eigenvalue weighted by Gasteiger charge is -2.00. The van der Waals surface area contributed by atoms with Crippen molar-refractivity contribution in [2.45, 2.75) is 4.90 Å². The summed E-state index contributed by atoms with van der Waals surface area (Å²) in [5, 5.41) is 9.11. The molecule has 0 saturated heterocycles. The van der Waals surface area contributed by atoms with Gasteiger partial charge in [0.15, 0.2) is 0 Å². The molecule has 2 rings (SSSR count). The predicted molar refractivity (Wildman–Crippen MR) is 72.9 cm³/mol. The third kappa shape index (κ3) is 2.93. The molecule has 0 bridgehead atoms. The lowest BCUT2D eigenvalue weighted by atomic mass is 10.2. The van der Waals surface area contributed by atoms with Crippen LogP contribution in [0.5, 0.6) is 0 Å². The minimum Gasteiger partial charge on any atom is -0.248 e. The highest BCUT2D eigenvalue weighted by molar-refractivity contribution is 7.89. The first-order chi connectivity index (χ1) is 8.81. The molecule has 2 nitrogen and oxygen atoms in total. The van der Waals surface area contributed by atoms with Gasteiger partial charge in [0.1, 0.15) is 11.0 Å². The van der Waals surface area contributed by atoms with Gasteiger partial charge in [-0.05, 0) is 23.8 Å². The van der Waals surface area contributed by atoms with Gasteiger partial charge in [0.05, 0.1) is 10.8 Å². The van der Waals surface area contributed by atoms with Gasteiger partial charge in [-0.2, -0.15) is 5.26 Å². The first-order valence-corrected chi connectivity index (χ1v) is 6.60. The third-order valence-corrected chi connectivity index (χ3v) is 3.67. The summed E-state index contributed by atoms with van der Waals surface area (Å²) in [5.41, 5.74) is 0.873. The first kappa shape index (κ1) is 12.3. The van der Waals surface area contributed by atoms with E-state index < -0.39 is 10.8 Å². The maximum absolute atomic E-state index is 12.2. The van der Waals surface area contributed by atoms with Gasteiger partial charge in [-0.15, -0.1) is 0 Å². The Morgan fingerprint density at radius 1 is 1.00 bits per heavy atom. The van der Waals surface area contributed by atoms with E-state index in [-0.39, 0.29) is 4.91 Å². The molecule has 1 atom stereocenters. The third-order valence-electron chi connectivity index (χ3n) is 2.36. The van der Waals surface area contributed by atoms with Crippen LogP contribution in [0.2, 0.25) is 0 Å². The fourth-order valence-electron chi connectivity index (χ4n) is 1.50. The summed E-state index contributed by atoms with van der Waals surface area (Å²) in [6.07, 6.45) is 1.66. The zero-order valence-corrected chi connectivity index (χ0v) is 10.4. The van der Waals surface area contributed by atoms with Gasteiger partial charge in [0.25, 0.3) is 0 Å². The second-order valence-corrected chi connectivity index (χ2v) is 5.06. The predicted octanol–water partition coefficient (Wildman–Crippen LogP) is 3.36. The topological polar surface area (TPSA) is 40.9 Å². The zero-order chi connectivity index (χ0) is 12.8. The highest BCUT2D eigenvalue weighted by Gasteiger charge is 2.09. The van der Waals surface area contributed by atoms with Crippen LogP contribution in [0, 0.1) is 11.3 Å². The number of hydrogen-bond acceptors (Lipinski definition) is 2. The van der Waals surface area contributed by atoms with Crippen LogP contribution in [-0.4, -0.2) is 4.21 Å². The van der Waals surface area contributed by atoms with Crippen LogP contribution in [0.3, 0.4) is 0 Å². The van der Waals surface area contributed by atoms with Crippen molar-refractivity contribution in [2.75, 3.05) is 0 Å². The second-order valence-electron chi connectivity index (χ2n) is 3.61. The maximum Gasteiger partial charge on any atom is 0.121 e. The summed E-state index contributed by atoms with van der Waals surface area (Å²) in [6, 6.07) is 20.4. The van der Waals surface area contributed by atoms with Gasteiger partial charge < -0.3 is 0 Å². The molecular formula is C15H11NOS. The average molecular weight is 253 g/mol. The Morgan fingerprint density at radius 2 is 1.56 bits per heavy atom. The molecule has 0 N–H and O–H groups in total. The highest BCUT2D eigenvalue weighted by atomic mass is 32.2. The first-order valence-electron chi connectivity index (χ1n) is 5.45. The molecule has 2 aromatic carbocycles. The molecule has 0 saturated carbocycles. The van der Waals surface area contributed by atoms with Crippen LogP contribution in [0.1, 0.15) is 5.56 Å². The lowest BCUT2D eigenvalue weighted by Crippen LogP contribution is -1.93. The highest BCUT2D eigenvalue weighted by Crippen LogP contribution is 2.16. The van der Waals surface area contributed by atoms with Crippen LogP contribution in [-0.2, 0) is 10.8 Å². The quantitative estimate of drug-likeness (QED) is 0.787. The Labute approximate surface area is 109 Å². The molecule has 2 aromatic rings. The Kier molecular flexibility index (Phi) is 4.06. The summed E-state index contributed by atoms with van der Waals surface area (Å²) in [7, 11) is -1.42. The molecule has 0 fully saturated rings.